The number of benzene rings is 1. The van der Waals surface area contributed by atoms with E-state index in [1.54, 1.807) is 43.7 Å². The maximum absolute atomic E-state index is 14.0. The van der Waals surface area contributed by atoms with E-state index in [1.807, 2.05) is 0 Å². The van der Waals surface area contributed by atoms with E-state index in [0.29, 0.717) is 30.2 Å². The Morgan fingerprint density at radius 3 is 2.64 bits per heavy atom. The highest BCUT2D eigenvalue weighted by molar-refractivity contribution is 5.97. The third kappa shape index (κ3) is 4.95. The fourth-order valence-corrected chi connectivity index (χ4v) is 3.82. The maximum Gasteiger partial charge on any atom is 0.183 e. The van der Waals surface area contributed by atoms with Crippen molar-refractivity contribution in [2.24, 2.45) is 0 Å². The molecule has 0 spiro atoms. The van der Waals surface area contributed by atoms with Crippen LogP contribution in [0.15, 0.2) is 36.5 Å². The molecule has 4 rings (SSSR count). The number of aromatic nitrogens is 6. The number of fused-ring (bicyclic) bond motifs is 1. The van der Waals surface area contributed by atoms with Gasteiger partial charge >= 0.3 is 0 Å². The highest BCUT2D eigenvalue weighted by Gasteiger charge is 2.35. The number of rotatable bonds is 11. The van der Waals surface area contributed by atoms with E-state index in [1.165, 1.54) is 10.9 Å². The van der Waals surface area contributed by atoms with Gasteiger partial charge in [-0.1, -0.05) is 6.07 Å². The lowest BCUT2D eigenvalue weighted by Gasteiger charge is -2.22. The van der Waals surface area contributed by atoms with Gasteiger partial charge in [-0.15, -0.1) is 10.2 Å². The Balaban J connectivity index is 1.59. The van der Waals surface area contributed by atoms with Gasteiger partial charge in [0.25, 0.3) is 0 Å². The first-order valence-electron chi connectivity index (χ1n) is 11.2. The number of halogens is 2. The Morgan fingerprint density at radius 1 is 1.19 bits per heavy atom. The van der Waals surface area contributed by atoms with Crippen LogP contribution in [-0.4, -0.2) is 60.8 Å². The van der Waals surface area contributed by atoms with Crippen LogP contribution in [0.25, 0.3) is 5.65 Å². The lowest BCUT2D eigenvalue weighted by molar-refractivity contribution is 0.0905. The maximum atomic E-state index is 14.0. The second kappa shape index (κ2) is 10.5. The van der Waals surface area contributed by atoms with E-state index in [-0.39, 0.29) is 42.6 Å². The van der Waals surface area contributed by atoms with Crippen molar-refractivity contribution in [2.45, 2.75) is 38.8 Å². The van der Waals surface area contributed by atoms with Gasteiger partial charge in [-0.25, -0.2) is 13.8 Å². The number of carbonyl (C=O) groups is 1. The first-order valence-corrected chi connectivity index (χ1v) is 11.2. The summed E-state index contributed by atoms with van der Waals surface area (Å²) in [4.78, 5) is 19.2. The summed E-state index contributed by atoms with van der Waals surface area (Å²) in [6.45, 7) is 3.40. The second-order valence-electron chi connectivity index (χ2n) is 8.62. The predicted molar refractivity (Wildman–Crippen MR) is 124 cm³/mol. The standard InChI is InChI=1S/C24H26F2N6O4/c1-15-21(19(34)12-24(2,14-33)23-28-30-32(29-23)10-11-35-3)31-9-5-8-20(22(31)27-15)36-13-16-17(25)6-4-7-18(16)26/h4-9,33H,10-14H2,1-3H3. The number of aryl methyl sites for hydroxylation is 1. The van der Waals surface area contributed by atoms with Gasteiger partial charge in [-0.3, -0.25) is 9.20 Å². The molecule has 4 aromatic rings. The number of aliphatic hydroxyl groups excluding tert-OH is 1. The van der Waals surface area contributed by atoms with Crippen LogP contribution in [0.1, 0.15) is 40.9 Å². The average molecular weight is 501 g/mol. The van der Waals surface area contributed by atoms with E-state index in [9.17, 15) is 18.7 Å². The van der Waals surface area contributed by atoms with Gasteiger partial charge in [0.15, 0.2) is 23.0 Å². The molecule has 0 aliphatic rings. The van der Waals surface area contributed by atoms with Crippen molar-refractivity contribution in [3.8, 4) is 5.75 Å². The molecule has 36 heavy (non-hydrogen) atoms. The van der Waals surface area contributed by atoms with E-state index in [2.05, 4.69) is 20.4 Å². The number of ketones is 1. The normalized spacial score (nSPS) is 13.2. The van der Waals surface area contributed by atoms with Crippen LogP contribution in [0.2, 0.25) is 0 Å². The van der Waals surface area contributed by atoms with Crippen LogP contribution in [0, 0.1) is 18.6 Å². The predicted octanol–water partition coefficient (Wildman–Crippen LogP) is 2.66. The van der Waals surface area contributed by atoms with Gasteiger partial charge in [0, 0.05) is 19.7 Å². The number of imidazole rings is 1. The number of ether oxygens (including phenoxy) is 2. The van der Waals surface area contributed by atoms with Gasteiger partial charge in [0.1, 0.15) is 23.9 Å². The third-order valence-electron chi connectivity index (χ3n) is 5.87. The smallest absolute Gasteiger partial charge is 0.183 e. The number of pyridine rings is 1. The van der Waals surface area contributed by atoms with Crippen LogP contribution in [0.5, 0.6) is 5.75 Å². The molecule has 190 valence electrons. The van der Waals surface area contributed by atoms with Crippen LogP contribution >= 0.6 is 0 Å². The Bertz CT molecular complexity index is 1370. The molecule has 0 bridgehead atoms. The van der Waals surface area contributed by atoms with E-state index >= 15 is 0 Å². The topological polar surface area (TPSA) is 117 Å². The molecule has 0 saturated carbocycles. The van der Waals surface area contributed by atoms with Gasteiger partial charge < -0.3 is 14.6 Å². The van der Waals surface area contributed by atoms with Crippen molar-refractivity contribution >= 4 is 11.4 Å². The van der Waals surface area contributed by atoms with Crippen LogP contribution in [0.4, 0.5) is 8.78 Å². The molecule has 0 radical (unpaired) electrons. The number of Topliss-reactive ketones (excluding diaryl/α,β-unsaturated/α-hetero) is 1. The van der Waals surface area contributed by atoms with E-state index in [4.69, 9.17) is 9.47 Å². The van der Waals surface area contributed by atoms with Gasteiger partial charge in [0.05, 0.1) is 36.4 Å². The summed E-state index contributed by atoms with van der Waals surface area (Å²) in [5.74, 6) is -1.24. The Kier molecular flexibility index (Phi) is 7.36. The Morgan fingerprint density at radius 2 is 1.94 bits per heavy atom. The number of tetrazole rings is 1. The summed E-state index contributed by atoms with van der Waals surface area (Å²) in [7, 11) is 1.56. The molecule has 0 fully saturated rings. The lowest BCUT2D eigenvalue weighted by atomic mass is 9.84. The Labute approximate surface area is 205 Å². The molecule has 12 heteroatoms. The van der Waals surface area contributed by atoms with Gasteiger partial charge in [-0.2, -0.15) is 4.80 Å². The monoisotopic (exact) mass is 500 g/mol. The van der Waals surface area contributed by atoms with Crippen molar-refractivity contribution in [1.82, 2.24) is 29.6 Å². The van der Waals surface area contributed by atoms with Gasteiger partial charge in [-0.05, 0) is 43.3 Å². The van der Waals surface area contributed by atoms with Crippen LogP contribution in [-0.2, 0) is 23.3 Å². The molecule has 1 unspecified atom stereocenters. The Hall–Kier alpha value is -3.77. The molecule has 3 aromatic heterocycles. The second-order valence-corrected chi connectivity index (χ2v) is 8.62. The van der Waals surface area contributed by atoms with Crippen molar-refractivity contribution in [1.29, 1.82) is 0 Å². The molecular formula is C24H26F2N6O4. The number of hydrogen-bond donors (Lipinski definition) is 1. The molecule has 0 amide bonds. The van der Waals surface area contributed by atoms with Crippen molar-refractivity contribution in [2.75, 3.05) is 20.3 Å². The van der Waals surface area contributed by atoms with Gasteiger partial charge in [0.2, 0.25) is 0 Å². The SMILES string of the molecule is COCCn1nnc(C(C)(CO)CC(=O)c2c(C)nc3c(OCc4c(F)cccc4F)cccn23)n1. The third-order valence-corrected chi connectivity index (χ3v) is 5.87. The zero-order valence-electron chi connectivity index (χ0n) is 20.1. The number of methoxy groups -OCH3 is 1. The molecular weight excluding hydrogens is 474 g/mol. The summed E-state index contributed by atoms with van der Waals surface area (Å²) < 4.78 is 40.3. The number of carbonyl (C=O) groups excluding carboxylic acids is 1. The summed E-state index contributed by atoms with van der Waals surface area (Å²) in [6.07, 6.45) is 1.54. The highest BCUT2D eigenvalue weighted by Crippen LogP contribution is 2.29. The first-order chi connectivity index (χ1) is 17.3. The zero-order valence-corrected chi connectivity index (χ0v) is 20.1. The first kappa shape index (κ1) is 25.3. The van der Waals surface area contributed by atoms with Crippen molar-refractivity contribution < 1.29 is 28.2 Å². The molecule has 1 aromatic carbocycles. The number of nitrogens with zero attached hydrogens (tertiary/aromatic N) is 6. The molecule has 0 aliphatic carbocycles. The zero-order chi connectivity index (χ0) is 25.9. The molecule has 1 N–H and O–H groups in total. The fraction of sp³-hybridized carbons (Fsp3) is 0.375. The van der Waals surface area contributed by atoms with E-state index in [0.717, 1.165) is 12.1 Å². The van der Waals surface area contributed by atoms with Crippen LogP contribution in [0.3, 0.4) is 0 Å². The molecule has 3 heterocycles. The largest absolute Gasteiger partial charge is 0.485 e. The quantitative estimate of drug-likeness (QED) is 0.313. The summed E-state index contributed by atoms with van der Waals surface area (Å²) in [6, 6.07) is 6.84. The molecule has 0 saturated heterocycles. The highest BCUT2D eigenvalue weighted by atomic mass is 19.1. The minimum atomic E-state index is -1.09. The molecule has 1 atom stereocenters. The number of aliphatic hydroxyl groups is 1. The van der Waals surface area contributed by atoms with Crippen molar-refractivity contribution in [3.63, 3.8) is 0 Å². The number of hydrogen-bond acceptors (Lipinski definition) is 8. The summed E-state index contributed by atoms with van der Waals surface area (Å²) in [5, 5.41) is 22.4. The molecule has 0 aliphatic heterocycles. The van der Waals surface area contributed by atoms with Crippen LogP contribution < -0.4 is 4.74 Å². The summed E-state index contributed by atoms with van der Waals surface area (Å²) >= 11 is 0. The fourth-order valence-electron chi connectivity index (χ4n) is 3.82. The lowest BCUT2D eigenvalue weighted by Crippen LogP contribution is -2.32. The van der Waals surface area contributed by atoms with E-state index < -0.39 is 17.0 Å². The summed E-state index contributed by atoms with van der Waals surface area (Å²) in [5.41, 5.74) is -0.243. The minimum Gasteiger partial charge on any atom is -0.485 e. The average Bonchev–Trinajstić information content (AvgIpc) is 3.47. The van der Waals surface area contributed by atoms with Crippen molar-refractivity contribution in [3.05, 3.63) is 70.9 Å². The minimum absolute atomic E-state index is 0.111. The molecule has 10 nitrogen and oxygen atoms in total.